The third-order valence-corrected chi connectivity index (χ3v) is 7.90. The molecule has 3 heterocycles. The minimum Gasteiger partial charge on any atom is -0.481 e. The zero-order chi connectivity index (χ0) is 24.3. The molecule has 0 spiro atoms. The van der Waals surface area contributed by atoms with Gasteiger partial charge in [-0.2, -0.15) is 5.10 Å². The molecule has 9 nitrogen and oxygen atoms in total. The molecule has 3 aromatic heterocycles. The highest BCUT2D eigenvalue weighted by Gasteiger charge is 2.50. The lowest BCUT2D eigenvalue weighted by molar-refractivity contribution is -0.148. The summed E-state index contributed by atoms with van der Waals surface area (Å²) < 4.78 is 29.9. The van der Waals surface area contributed by atoms with E-state index in [1.165, 1.54) is 6.07 Å². The van der Waals surface area contributed by atoms with Crippen molar-refractivity contribution in [3.05, 3.63) is 29.6 Å². The molecule has 4 saturated carbocycles. The molecule has 0 radical (unpaired) electrons. The van der Waals surface area contributed by atoms with Gasteiger partial charge in [-0.05, 0) is 56.4 Å². The van der Waals surface area contributed by atoms with Crippen molar-refractivity contribution in [2.75, 3.05) is 12.4 Å². The topological polar surface area (TPSA) is 129 Å². The van der Waals surface area contributed by atoms with E-state index >= 15 is 4.39 Å². The van der Waals surface area contributed by atoms with Gasteiger partial charge >= 0.3 is 5.97 Å². The molecular weight excluding hydrogens is 456 g/mol. The third kappa shape index (κ3) is 3.55. The Bertz CT molecular complexity index is 1350. The number of aliphatic imine (C=N–C) groups is 1. The second kappa shape index (κ2) is 8.03. The molecule has 35 heavy (non-hydrogen) atoms. The number of carboxylic acid groups (broad SMARTS) is 1. The van der Waals surface area contributed by atoms with Crippen LogP contribution in [0.2, 0.25) is 0 Å². The summed E-state index contributed by atoms with van der Waals surface area (Å²) in [6, 6.07) is 0.847. The van der Waals surface area contributed by atoms with Crippen molar-refractivity contribution in [3.8, 4) is 11.5 Å². The normalized spacial score (nSPS) is 26.9. The highest BCUT2D eigenvalue weighted by Crippen LogP contribution is 2.49. The molecule has 3 N–H and O–H groups in total. The van der Waals surface area contributed by atoms with Crippen LogP contribution < -0.4 is 5.32 Å². The number of hydrogen-bond donors (Lipinski definition) is 3. The van der Waals surface area contributed by atoms with Crippen molar-refractivity contribution in [2.24, 2.45) is 22.7 Å². The lowest BCUT2D eigenvalue weighted by atomic mass is 9.61. The summed E-state index contributed by atoms with van der Waals surface area (Å²) >= 11 is 0. The molecule has 2 bridgehead atoms. The van der Waals surface area contributed by atoms with Gasteiger partial charge in [-0.15, -0.1) is 0 Å². The Morgan fingerprint density at radius 1 is 1.23 bits per heavy atom. The number of aliphatic carboxylic acids is 1. The average molecular weight is 482 g/mol. The number of pyridine rings is 1. The first-order valence-electron chi connectivity index (χ1n) is 11.9. The zero-order valence-electron chi connectivity index (χ0n) is 19.1. The Kier molecular flexibility index (Phi) is 5.05. The lowest BCUT2D eigenvalue weighted by Crippen LogP contribution is -2.51. The van der Waals surface area contributed by atoms with Crippen molar-refractivity contribution >= 4 is 29.0 Å². The number of aromatic nitrogens is 5. The van der Waals surface area contributed by atoms with Gasteiger partial charge in [0.05, 0.1) is 28.6 Å². The van der Waals surface area contributed by atoms with Crippen LogP contribution in [0.1, 0.15) is 44.2 Å². The van der Waals surface area contributed by atoms with Crippen molar-refractivity contribution in [1.82, 2.24) is 25.1 Å². The maximum Gasteiger partial charge on any atom is 0.308 e. The number of carboxylic acids is 1. The molecule has 7 rings (SSSR count). The summed E-state index contributed by atoms with van der Waals surface area (Å²) in [6.07, 6.45) is 7.68. The van der Waals surface area contributed by atoms with Crippen molar-refractivity contribution in [1.29, 1.82) is 0 Å². The Hall–Kier alpha value is -3.50. The number of anilines is 1. The molecule has 0 aromatic carbocycles. The summed E-state index contributed by atoms with van der Waals surface area (Å²) in [4.78, 5) is 29.3. The molecule has 4 fully saturated rings. The van der Waals surface area contributed by atoms with E-state index in [0.717, 1.165) is 31.9 Å². The van der Waals surface area contributed by atoms with E-state index in [1.807, 2.05) is 0 Å². The van der Waals surface area contributed by atoms with Crippen LogP contribution >= 0.6 is 0 Å². The van der Waals surface area contributed by atoms with Crippen molar-refractivity contribution < 1.29 is 18.7 Å². The number of nitrogens with zero attached hydrogens (tertiary/aromatic N) is 5. The highest BCUT2D eigenvalue weighted by atomic mass is 19.1. The maximum absolute atomic E-state index is 16.0. The Balaban J connectivity index is 1.49. The fourth-order valence-corrected chi connectivity index (χ4v) is 6.01. The number of nitrogens with one attached hydrogen (secondary N) is 2. The van der Waals surface area contributed by atoms with E-state index in [9.17, 15) is 14.3 Å². The van der Waals surface area contributed by atoms with Crippen LogP contribution in [0.15, 0.2) is 17.3 Å². The maximum atomic E-state index is 16.0. The Morgan fingerprint density at radius 2 is 1.97 bits per heavy atom. The van der Waals surface area contributed by atoms with E-state index < -0.39 is 35.0 Å². The van der Waals surface area contributed by atoms with Gasteiger partial charge in [-0.3, -0.25) is 14.9 Å². The number of fused-ring (bicyclic) bond motifs is 4. The SMILES string of the molecule is CN=CC1(c2nc(-c3[nH]nc4ncc(F)cc34)nc(N[C@H]3C4CCC(CC4)[C@@H]3C(=O)O)c2F)CC1. The molecule has 4 aliphatic rings. The second-order valence-electron chi connectivity index (χ2n) is 9.93. The van der Waals surface area contributed by atoms with Gasteiger partial charge < -0.3 is 10.4 Å². The van der Waals surface area contributed by atoms with Crippen LogP contribution in [0.5, 0.6) is 0 Å². The van der Waals surface area contributed by atoms with Crippen LogP contribution in [0.25, 0.3) is 22.6 Å². The molecule has 182 valence electrons. The fourth-order valence-electron chi connectivity index (χ4n) is 6.01. The molecule has 2 atom stereocenters. The van der Waals surface area contributed by atoms with Gasteiger partial charge in [-0.1, -0.05) is 0 Å². The van der Waals surface area contributed by atoms with Crippen LogP contribution in [0, 0.1) is 29.4 Å². The smallest absolute Gasteiger partial charge is 0.308 e. The van der Waals surface area contributed by atoms with Crippen molar-refractivity contribution in [3.63, 3.8) is 0 Å². The van der Waals surface area contributed by atoms with E-state index in [-0.39, 0.29) is 34.8 Å². The molecule has 11 heteroatoms. The second-order valence-corrected chi connectivity index (χ2v) is 9.93. The number of carbonyl (C=O) groups is 1. The summed E-state index contributed by atoms with van der Waals surface area (Å²) in [5, 5.41) is 20.4. The first kappa shape index (κ1) is 22.0. The van der Waals surface area contributed by atoms with E-state index in [4.69, 9.17) is 0 Å². The minimum atomic E-state index is -0.871. The predicted molar refractivity (Wildman–Crippen MR) is 124 cm³/mol. The van der Waals surface area contributed by atoms with E-state index in [1.54, 1.807) is 13.3 Å². The Labute approximate surface area is 199 Å². The predicted octanol–water partition coefficient (Wildman–Crippen LogP) is 3.73. The number of rotatable bonds is 6. The van der Waals surface area contributed by atoms with Gasteiger partial charge in [0.1, 0.15) is 11.5 Å². The summed E-state index contributed by atoms with van der Waals surface area (Å²) in [5.74, 6) is -2.34. The molecule has 4 aliphatic carbocycles. The molecule has 0 unspecified atom stereocenters. The summed E-state index contributed by atoms with van der Waals surface area (Å²) in [6.45, 7) is 0. The van der Waals surface area contributed by atoms with Crippen LogP contribution in [-0.4, -0.2) is 55.5 Å². The molecule has 0 aliphatic heterocycles. The van der Waals surface area contributed by atoms with Crippen LogP contribution in [-0.2, 0) is 10.2 Å². The highest BCUT2D eigenvalue weighted by molar-refractivity contribution is 5.89. The zero-order valence-corrected chi connectivity index (χ0v) is 19.1. The minimum absolute atomic E-state index is 0.0447. The number of aromatic amines is 1. The third-order valence-electron chi connectivity index (χ3n) is 7.90. The first-order chi connectivity index (χ1) is 16.9. The summed E-state index contributed by atoms with van der Waals surface area (Å²) in [7, 11) is 1.63. The lowest BCUT2D eigenvalue weighted by Gasteiger charge is -2.47. The van der Waals surface area contributed by atoms with Gasteiger partial charge in [-0.25, -0.2) is 23.7 Å². The molecule has 3 aromatic rings. The van der Waals surface area contributed by atoms with Gasteiger partial charge in [0.15, 0.2) is 23.1 Å². The Morgan fingerprint density at radius 3 is 2.66 bits per heavy atom. The average Bonchev–Trinajstić information content (AvgIpc) is 3.51. The van der Waals surface area contributed by atoms with E-state index in [2.05, 4.69) is 35.5 Å². The fraction of sp³-hybridized carbons (Fsp3) is 0.500. The monoisotopic (exact) mass is 481 g/mol. The van der Waals surface area contributed by atoms with Gasteiger partial charge in [0.2, 0.25) is 0 Å². The largest absolute Gasteiger partial charge is 0.481 e. The number of hydrogen-bond acceptors (Lipinski definition) is 7. The summed E-state index contributed by atoms with van der Waals surface area (Å²) in [5.41, 5.74) is 0.151. The van der Waals surface area contributed by atoms with Gasteiger partial charge in [0, 0.05) is 19.3 Å². The molecular formula is C24H25F2N7O2. The van der Waals surface area contributed by atoms with Crippen LogP contribution in [0.4, 0.5) is 14.6 Å². The molecule has 0 saturated heterocycles. The van der Waals surface area contributed by atoms with E-state index in [0.29, 0.717) is 23.9 Å². The molecule has 0 amide bonds. The first-order valence-corrected chi connectivity index (χ1v) is 11.9. The standard InChI is InChI=1S/C24H25F2N7O2/c1-27-10-24(6-7-24)19-16(26)21(29-17-12-4-2-11(3-5-12)15(17)23(34)35)31-22(30-19)18-14-8-13(25)9-28-20(14)33-32-18/h8-12,15,17H,2-7H2,1H3,(H,34,35)(H,28,32,33)(H,29,30,31)/t11?,12?,15-,17-/m0/s1. The van der Waals surface area contributed by atoms with Crippen LogP contribution in [0.3, 0.4) is 0 Å². The van der Waals surface area contributed by atoms with Crippen molar-refractivity contribution in [2.45, 2.75) is 50.0 Å². The quantitative estimate of drug-likeness (QED) is 0.458. The van der Waals surface area contributed by atoms with Gasteiger partial charge in [0.25, 0.3) is 0 Å². The number of halogens is 2. The number of H-pyrrole nitrogens is 1.